The van der Waals surface area contributed by atoms with Crippen LogP contribution in [0, 0.1) is 0 Å². The number of carboxylic acid groups (broad SMARTS) is 2. The van der Waals surface area contributed by atoms with Crippen LogP contribution in [0.1, 0.15) is 6.42 Å². The Kier molecular flexibility index (Phi) is 8.35. The number of carbonyl (C=O) groups is 4. The highest BCUT2D eigenvalue weighted by molar-refractivity contribution is 7.80. The third kappa shape index (κ3) is 6.92. The molecule has 0 saturated heterocycles. The van der Waals surface area contributed by atoms with E-state index in [1.54, 1.807) is 0 Å². The van der Waals surface area contributed by atoms with Crippen LogP contribution in [0.3, 0.4) is 0 Å². The monoisotopic (exact) mass is 323 g/mol. The van der Waals surface area contributed by atoms with Gasteiger partial charge in [-0.25, -0.2) is 4.79 Å². The summed E-state index contributed by atoms with van der Waals surface area (Å²) in [7, 11) is 0. The number of nitrogens with one attached hydrogen (secondary N) is 2. The van der Waals surface area contributed by atoms with Gasteiger partial charge in [-0.15, -0.1) is 0 Å². The molecule has 0 aliphatic rings. The van der Waals surface area contributed by atoms with E-state index in [1.807, 2.05) is 5.32 Å². The van der Waals surface area contributed by atoms with Gasteiger partial charge in [-0.1, -0.05) is 0 Å². The molecule has 3 atom stereocenters. The van der Waals surface area contributed by atoms with Crippen molar-refractivity contribution in [2.24, 2.45) is 5.73 Å². The lowest BCUT2D eigenvalue weighted by Crippen LogP contribution is -2.56. The van der Waals surface area contributed by atoms with E-state index < -0.39 is 54.9 Å². The lowest BCUT2D eigenvalue weighted by atomic mass is 10.1. The van der Waals surface area contributed by atoms with Crippen LogP contribution in [0.25, 0.3) is 0 Å². The molecule has 0 bridgehead atoms. The van der Waals surface area contributed by atoms with Gasteiger partial charge in [-0.05, 0) is 0 Å². The van der Waals surface area contributed by atoms with Gasteiger partial charge < -0.3 is 31.7 Å². The summed E-state index contributed by atoms with van der Waals surface area (Å²) in [6.07, 6.45) is -0.769. The lowest BCUT2D eigenvalue weighted by molar-refractivity contribution is -0.144. The van der Waals surface area contributed by atoms with Crippen molar-refractivity contribution in [1.29, 1.82) is 0 Å². The first kappa shape index (κ1) is 19.1. The Morgan fingerprint density at radius 3 is 1.95 bits per heavy atom. The quantitative estimate of drug-likeness (QED) is 0.216. The molecule has 7 N–H and O–H groups in total. The van der Waals surface area contributed by atoms with Crippen LogP contribution in [0.4, 0.5) is 0 Å². The maximum absolute atomic E-state index is 11.8. The van der Waals surface area contributed by atoms with Crippen LogP contribution in [-0.4, -0.2) is 69.6 Å². The van der Waals surface area contributed by atoms with Gasteiger partial charge in [-0.2, -0.15) is 12.6 Å². The summed E-state index contributed by atoms with van der Waals surface area (Å²) >= 11 is 3.78. The zero-order chi connectivity index (χ0) is 16.6. The number of nitrogens with two attached hydrogens (primary N) is 1. The standard InChI is InChI=1S/C10H17N3O7S/c11-4(3-21)8(17)12-5(1-7(15)16)9(18)13-6(2-14)10(19)20/h4-6,14,21H,1-3,11H2,(H,12,17)(H,13,18)(H,15,16)(H,19,20)/t4-,5-,6-/m0/s1. The number of hydrogen-bond donors (Lipinski definition) is 7. The van der Waals surface area contributed by atoms with Crippen LogP contribution >= 0.6 is 12.6 Å². The SMILES string of the molecule is N[C@@H](CS)C(=O)N[C@@H](CC(=O)O)C(=O)N[C@@H](CO)C(=O)O. The van der Waals surface area contributed by atoms with Crippen molar-refractivity contribution in [3.8, 4) is 0 Å². The molecule has 11 heteroatoms. The van der Waals surface area contributed by atoms with Crippen LogP contribution in [0.2, 0.25) is 0 Å². The first-order valence-electron chi connectivity index (χ1n) is 5.75. The Morgan fingerprint density at radius 2 is 1.57 bits per heavy atom. The number of amides is 2. The van der Waals surface area contributed by atoms with E-state index >= 15 is 0 Å². The maximum Gasteiger partial charge on any atom is 0.328 e. The van der Waals surface area contributed by atoms with Crippen molar-refractivity contribution in [3.63, 3.8) is 0 Å². The summed E-state index contributed by atoms with van der Waals surface area (Å²) in [5, 5.41) is 30.2. The summed E-state index contributed by atoms with van der Waals surface area (Å²) in [6, 6.07) is -4.18. The van der Waals surface area contributed by atoms with Crippen molar-refractivity contribution in [1.82, 2.24) is 10.6 Å². The van der Waals surface area contributed by atoms with Crippen molar-refractivity contribution >= 4 is 36.4 Å². The molecule has 0 unspecified atom stereocenters. The lowest BCUT2D eigenvalue weighted by Gasteiger charge is -2.20. The molecule has 120 valence electrons. The Bertz CT molecular complexity index is 417. The predicted octanol–water partition coefficient (Wildman–Crippen LogP) is -3.24. The maximum atomic E-state index is 11.8. The summed E-state index contributed by atoms with van der Waals surface area (Å²) in [4.78, 5) is 44.7. The summed E-state index contributed by atoms with van der Waals surface area (Å²) in [5.74, 6) is -4.77. The van der Waals surface area contributed by atoms with Gasteiger partial charge in [0.05, 0.1) is 19.1 Å². The van der Waals surface area contributed by atoms with E-state index in [2.05, 4.69) is 17.9 Å². The Morgan fingerprint density at radius 1 is 1.05 bits per heavy atom. The molecule has 0 aliphatic heterocycles. The zero-order valence-electron chi connectivity index (χ0n) is 10.9. The molecule has 0 spiro atoms. The van der Waals surface area contributed by atoms with Crippen LogP contribution in [0.5, 0.6) is 0 Å². The van der Waals surface area contributed by atoms with Gasteiger partial charge in [0.2, 0.25) is 11.8 Å². The number of aliphatic hydroxyl groups excluding tert-OH is 1. The fraction of sp³-hybridized carbons (Fsp3) is 0.600. The van der Waals surface area contributed by atoms with E-state index in [0.29, 0.717) is 0 Å². The van der Waals surface area contributed by atoms with Gasteiger partial charge in [0.1, 0.15) is 12.1 Å². The number of aliphatic hydroxyl groups is 1. The zero-order valence-corrected chi connectivity index (χ0v) is 11.7. The van der Waals surface area contributed by atoms with E-state index in [-0.39, 0.29) is 5.75 Å². The molecule has 0 saturated carbocycles. The third-order valence-electron chi connectivity index (χ3n) is 2.34. The fourth-order valence-corrected chi connectivity index (χ4v) is 1.37. The molecule has 0 aromatic carbocycles. The molecule has 0 fully saturated rings. The molecule has 0 rings (SSSR count). The minimum absolute atomic E-state index is 0.0262. The average Bonchev–Trinajstić information content (AvgIpc) is 2.41. The third-order valence-corrected chi connectivity index (χ3v) is 2.74. The predicted molar refractivity (Wildman–Crippen MR) is 72.7 cm³/mol. The highest BCUT2D eigenvalue weighted by Crippen LogP contribution is 1.97. The van der Waals surface area contributed by atoms with Crippen LogP contribution < -0.4 is 16.4 Å². The molecule has 2 amide bonds. The summed E-state index contributed by atoms with van der Waals surface area (Å²) in [6.45, 7) is -0.884. The summed E-state index contributed by atoms with van der Waals surface area (Å²) < 4.78 is 0. The number of carbonyl (C=O) groups excluding carboxylic acids is 2. The first-order chi connectivity index (χ1) is 9.72. The minimum Gasteiger partial charge on any atom is -0.481 e. The Labute approximate surface area is 125 Å². The van der Waals surface area contributed by atoms with Crippen molar-refractivity contribution < 1.29 is 34.5 Å². The van der Waals surface area contributed by atoms with E-state index in [0.717, 1.165) is 0 Å². The van der Waals surface area contributed by atoms with Crippen molar-refractivity contribution in [3.05, 3.63) is 0 Å². The number of thiol groups is 1. The van der Waals surface area contributed by atoms with Gasteiger partial charge in [-0.3, -0.25) is 14.4 Å². The Balaban J connectivity index is 4.88. The Hall–Kier alpha value is -1.85. The van der Waals surface area contributed by atoms with E-state index in [4.69, 9.17) is 21.1 Å². The molecule has 0 radical (unpaired) electrons. The molecule has 0 aliphatic carbocycles. The van der Waals surface area contributed by atoms with Gasteiger partial charge in [0.25, 0.3) is 0 Å². The highest BCUT2D eigenvalue weighted by Gasteiger charge is 2.28. The second-order valence-corrected chi connectivity index (χ2v) is 4.40. The van der Waals surface area contributed by atoms with E-state index in [9.17, 15) is 19.2 Å². The number of rotatable bonds is 9. The summed E-state index contributed by atoms with van der Waals surface area (Å²) in [5.41, 5.74) is 5.37. The second-order valence-electron chi connectivity index (χ2n) is 4.03. The molecule has 0 heterocycles. The molecular weight excluding hydrogens is 306 g/mol. The molecule has 21 heavy (non-hydrogen) atoms. The van der Waals surface area contributed by atoms with E-state index in [1.165, 1.54) is 0 Å². The molecule has 0 aromatic rings. The minimum atomic E-state index is -1.61. The van der Waals surface area contributed by atoms with Crippen LogP contribution in [-0.2, 0) is 19.2 Å². The van der Waals surface area contributed by atoms with Crippen molar-refractivity contribution in [2.45, 2.75) is 24.5 Å². The molecule has 10 nitrogen and oxygen atoms in total. The molecular formula is C10H17N3O7S. The number of hydrogen-bond acceptors (Lipinski definition) is 7. The van der Waals surface area contributed by atoms with Gasteiger partial charge in [0, 0.05) is 5.75 Å². The van der Waals surface area contributed by atoms with Gasteiger partial charge >= 0.3 is 11.9 Å². The second kappa shape index (κ2) is 9.15. The largest absolute Gasteiger partial charge is 0.481 e. The highest BCUT2D eigenvalue weighted by atomic mass is 32.1. The smallest absolute Gasteiger partial charge is 0.328 e. The van der Waals surface area contributed by atoms with Crippen molar-refractivity contribution in [2.75, 3.05) is 12.4 Å². The normalized spacial score (nSPS) is 14.6. The number of carboxylic acids is 2. The fourth-order valence-electron chi connectivity index (χ4n) is 1.20. The first-order valence-corrected chi connectivity index (χ1v) is 6.38. The number of aliphatic carboxylic acids is 2. The average molecular weight is 323 g/mol. The topological polar surface area (TPSA) is 179 Å². The van der Waals surface area contributed by atoms with Crippen LogP contribution in [0.15, 0.2) is 0 Å². The van der Waals surface area contributed by atoms with Gasteiger partial charge in [0.15, 0.2) is 0 Å². The molecule has 0 aromatic heterocycles.